The lowest BCUT2D eigenvalue weighted by Crippen LogP contribution is -2.43. The molecule has 4 rings (SSSR count). The molecule has 0 bridgehead atoms. The molecule has 2 heterocycles. The lowest BCUT2D eigenvalue weighted by molar-refractivity contribution is -0.137. The number of halogens is 2. The molecule has 2 aliphatic rings. The highest BCUT2D eigenvalue weighted by Gasteiger charge is 2.31. The number of nitrogens with zero attached hydrogens (tertiary/aromatic N) is 2. The van der Waals surface area contributed by atoms with Crippen LogP contribution in [0.2, 0.25) is 0 Å². The Kier molecular flexibility index (Phi) is 4.48. The molecule has 1 aliphatic carbocycles. The van der Waals surface area contributed by atoms with Crippen molar-refractivity contribution >= 4 is 5.91 Å². The van der Waals surface area contributed by atoms with Gasteiger partial charge in [-0.2, -0.15) is 0 Å². The summed E-state index contributed by atoms with van der Waals surface area (Å²) in [5.41, 5.74) is 7.91. The topological polar surface area (TPSA) is 75.0 Å². The number of carbonyl (C=O) groups excluding carboxylic acids is 1. The van der Waals surface area contributed by atoms with Gasteiger partial charge in [-0.3, -0.25) is 4.79 Å². The van der Waals surface area contributed by atoms with Crippen LogP contribution in [0.3, 0.4) is 0 Å². The van der Waals surface area contributed by atoms with Gasteiger partial charge in [-0.05, 0) is 31.4 Å². The summed E-state index contributed by atoms with van der Waals surface area (Å²) in [4.78, 5) is 22.2. The molecule has 0 unspecified atom stereocenters. The van der Waals surface area contributed by atoms with E-state index in [0.717, 1.165) is 43.1 Å². The lowest BCUT2D eigenvalue weighted by atomic mass is 9.85. The summed E-state index contributed by atoms with van der Waals surface area (Å²) in [6.45, 7) is 1.05. The van der Waals surface area contributed by atoms with Crippen molar-refractivity contribution < 1.29 is 13.6 Å². The normalized spacial score (nSPS) is 23.0. The molecule has 3 N–H and O–H groups in total. The van der Waals surface area contributed by atoms with Gasteiger partial charge in [0.25, 0.3) is 0 Å². The number of aromatic amines is 1. The van der Waals surface area contributed by atoms with E-state index in [4.69, 9.17) is 5.73 Å². The number of imidazole rings is 1. The molecule has 0 radical (unpaired) electrons. The average Bonchev–Trinajstić information content (AvgIpc) is 3.03. The van der Waals surface area contributed by atoms with E-state index in [-0.39, 0.29) is 23.4 Å². The molecule has 1 saturated carbocycles. The van der Waals surface area contributed by atoms with E-state index in [1.807, 2.05) is 4.90 Å². The number of rotatable bonds is 2. The second-order valence-corrected chi connectivity index (χ2v) is 7.27. The van der Waals surface area contributed by atoms with Gasteiger partial charge in [-0.1, -0.05) is 6.42 Å². The number of aromatic nitrogens is 2. The summed E-state index contributed by atoms with van der Waals surface area (Å²) in [7, 11) is 0. The standard InChI is InChI=1S/C19H22F2N4O/c20-12-4-5-14(15(21)9-12)18-23-16-6-7-25(10-17(16)24-18)19(26)11-2-1-3-13(22)8-11/h4-5,9,11,13H,1-3,6-8,10,22H2,(H,23,24)/t11-,13+/m1/s1. The number of amides is 1. The molecule has 0 spiro atoms. The Balaban J connectivity index is 1.52. The molecule has 0 saturated heterocycles. The number of benzene rings is 1. The number of hydrogen-bond acceptors (Lipinski definition) is 3. The first-order chi connectivity index (χ1) is 12.5. The fraction of sp³-hybridized carbons (Fsp3) is 0.474. The largest absolute Gasteiger partial charge is 0.340 e. The maximum absolute atomic E-state index is 14.0. The van der Waals surface area contributed by atoms with Crippen molar-refractivity contribution in [3.63, 3.8) is 0 Å². The minimum atomic E-state index is -0.653. The van der Waals surface area contributed by atoms with Crippen LogP contribution in [0.5, 0.6) is 0 Å². The van der Waals surface area contributed by atoms with Gasteiger partial charge >= 0.3 is 0 Å². The van der Waals surface area contributed by atoms with Gasteiger partial charge < -0.3 is 15.6 Å². The van der Waals surface area contributed by atoms with Crippen molar-refractivity contribution in [2.45, 2.75) is 44.7 Å². The van der Waals surface area contributed by atoms with E-state index in [0.29, 0.717) is 25.3 Å². The van der Waals surface area contributed by atoms with Gasteiger partial charge in [0.05, 0.1) is 23.5 Å². The van der Waals surface area contributed by atoms with Crippen molar-refractivity contribution in [1.29, 1.82) is 0 Å². The smallest absolute Gasteiger partial charge is 0.226 e. The van der Waals surface area contributed by atoms with E-state index in [1.54, 1.807) is 0 Å². The molecule has 26 heavy (non-hydrogen) atoms. The van der Waals surface area contributed by atoms with E-state index in [9.17, 15) is 13.6 Å². The molecule has 1 aliphatic heterocycles. The van der Waals surface area contributed by atoms with Gasteiger partial charge in [0.15, 0.2) is 0 Å². The van der Waals surface area contributed by atoms with Crippen LogP contribution >= 0.6 is 0 Å². The SMILES string of the molecule is N[C@H]1CCC[C@@H](C(=O)N2CCc3nc(-c4ccc(F)cc4F)[nH]c3C2)C1. The molecular formula is C19H22F2N4O. The highest BCUT2D eigenvalue weighted by atomic mass is 19.1. The highest BCUT2D eigenvalue weighted by Crippen LogP contribution is 2.29. The zero-order valence-corrected chi connectivity index (χ0v) is 14.5. The summed E-state index contributed by atoms with van der Waals surface area (Å²) in [6.07, 6.45) is 4.25. The van der Waals surface area contributed by atoms with E-state index in [2.05, 4.69) is 9.97 Å². The molecule has 1 fully saturated rings. The first-order valence-electron chi connectivity index (χ1n) is 9.09. The molecule has 2 aromatic rings. The first-order valence-corrected chi connectivity index (χ1v) is 9.09. The quantitative estimate of drug-likeness (QED) is 0.865. The number of fused-ring (bicyclic) bond motifs is 1. The Labute approximate surface area is 150 Å². The summed E-state index contributed by atoms with van der Waals surface area (Å²) >= 11 is 0. The van der Waals surface area contributed by atoms with Gasteiger partial charge in [0, 0.05) is 31.0 Å². The molecule has 1 aromatic carbocycles. The monoisotopic (exact) mass is 360 g/mol. The molecule has 7 heteroatoms. The van der Waals surface area contributed by atoms with Crippen LogP contribution in [0.25, 0.3) is 11.4 Å². The Morgan fingerprint density at radius 3 is 2.92 bits per heavy atom. The number of nitrogens with two attached hydrogens (primary N) is 1. The lowest BCUT2D eigenvalue weighted by Gasteiger charge is -2.33. The molecule has 1 aromatic heterocycles. The van der Waals surface area contributed by atoms with Crippen LogP contribution in [0, 0.1) is 17.6 Å². The van der Waals surface area contributed by atoms with Crippen LogP contribution in [0.1, 0.15) is 37.1 Å². The summed E-state index contributed by atoms with van der Waals surface area (Å²) in [5.74, 6) is -0.751. The third kappa shape index (κ3) is 3.23. The average molecular weight is 360 g/mol. The van der Waals surface area contributed by atoms with Crippen molar-refractivity contribution in [2.75, 3.05) is 6.54 Å². The van der Waals surface area contributed by atoms with Crippen LogP contribution in [-0.4, -0.2) is 33.4 Å². The van der Waals surface area contributed by atoms with Gasteiger partial charge in [0.2, 0.25) is 5.91 Å². The fourth-order valence-corrected chi connectivity index (χ4v) is 4.00. The minimum Gasteiger partial charge on any atom is -0.340 e. The predicted molar refractivity (Wildman–Crippen MR) is 93.0 cm³/mol. The molecular weight excluding hydrogens is 338 g/mol. The number of nitrogens with one attached hydrogen (secondary N) is 1. The van der Waals surface area contributed by atoms with Crippen molar-refractivity contribution in [3.05, 3.63) is 41.2 Å². The Bertz CT molecular complexity index is 835. The fourth-order valence-electron chi connectivity index (χ4n) is 4.00. The van der Waals surface area contributed by atoms with Gasteiger partial charge in [0.1, 0.15) is 17.5 Å². The number of carbonyl (C=O) groups is 1. The van der Waals surface area contributed by atoms with Crippen LogP contribution < -0.4 is 5.73 Å². The summed E-state index contributed by atoms with van der Waals surface area (Å²) in [5, 5.41) is 0. The maximum atomic E-state index is 14.0. The minimum absolute atomic E-state index is 0.00256. The number of hydrogen-bond donors (Lipinski definition) is 2. The second kappa shape index (κ2) is 6.79. The first kappa shape index (κ1) is 17.1. The molecule has 5 nitrogen and oxygen atoms in total. The molecule has 138 valence electrons. The van der Waals surface area contributed by atoms with Gasteiger partial charge in [-0.25, -0.2) is 13.8 Å². The van der Waals surface area contributed by atoms with Crippen LogP contribution in [0.4, 0.5) is 8.78 Å². The van der Waals surface area contributed by atoms with Crippen molar-refractivity contribution in [1.82, 2.24) is 14.9 Å². The zero-order valence-electron chi connectivity index (χ0n) is 14.5. The van der Waals surface area contributed by atoms with E-state index >= 15 is 0 Å². The Morgan fingerprint density at radius 2 is 2.15 bits per heavy atom. The Hall–Kier alpha value is -2.28. The van der Waals surface area contributed by atoms with E-state index in [1.165, 1.54) is 12.1 Å². The van der Waals surface area contributed by atoms with Crippen LogP contribution in [-0.2, 0) is 17.8 Å². The summed E-state index contributed by atoms with van der Waals surface area (Å²) in [6, 6.07) is 3.54. The molecule has 1 amide bonds. The summed E-state index contributed by atoms with van der Waals surface area (Å²) < 4.78 is 27.1. The number of H-pyrrole nitrogens is 1. The van der Waals surface area contributed by atoms with Crippen molar-refractivity contribution in [2.24, 2.45) is 11.7 Å². The second-order valence-electron chi connectivity index (χ2n) is 7.27. The third-order valence-corrected chi connectivity index (χ3v) is 5.39. The van der Waals surface area contributed by atoms with Crippen molar-refractivity contribution in [3.8, 4) is 11.4 Å². The van der Waals surface area contributed by atoms with Gasteiger partial charge in [-0.15, -0.1) is 0 Å². The maximum Gasteiger partial charge on any atom is 0.226 e. The van der Waals surface area contributed by atoms with Crippen LogP contribution in [0.15, 0.2) is 18.2 Å². The zero-order chi connectivity index (χ0) is 18.3. The molecule has 2 atom stereocenters. The van der Waals surface area contributed by atoms with E-state index < -0.39 is 11.6 Å². The highest BCUT2D eigenvalue weighted by molar-refractivity contribution is 5.79. The predicted octanol–water partition coefficient (Wildman–Crippen LogP) is 2.76. The third-order valence-electron chi connectivity index (χ3n) is 5.39. The Morgan fingerprint density at radius 1 is 1.31 bits per heavy atom.